The number of rotatable bonds is 17. The molecule has 514 valence electrons. The van der Waals surface area contributed by atoms with Crippen LogP contribution in [0.2, 0.25) is 5.02 Å². The van der Waals surface area contributed by atoms with E-state index in [2.05, 4.69) is 81.3 Å². The van der Waals surface area contributed by atoms with Crippen molar-refractivity contribution in [1.29, 1.82) is 0 Å². The van der Waals surface area contributed by atoms with Gasteiger partial charge in [0.1, 0.15) is 41.4 Å². The van der Waals surface area contributed by atoms with Crippen LogP contribution < -0.4 is 48.9 Å². The van der Waals surface area contributed by atoms with Gasteiger partial charge < -0.3 is 68.6 Å². The monoisotopic (exact) mass is 1410 g/mol. The van der Waals surface area contributed by atoms with Crippen LogP contribution in [0.1, 0.15) is 99.3 Å². The number of nitrogens with zero attached hydrogens (tertiary/aromatic N) is 10. The van der Waals surface area contributed by atoms with Crippen LogP contribution in [-0.2, 0) is 16.0 Å². The van der Waals surface area contributed by atoms with Crippen LogP contribution in [0, 0.1) is 34.9 Å². The van der Waals surface area contributed by atoms with Crippen molar-refractivity contribution in [2.45, 2.75) is 6.54 Å². The van der Waals surface area contributed by atoms with Crippen molar-refractivity contribution >= 4 is 99.4 Å². The van der Waals surface area contributed by atoms with Crippen LogP contribution in [0.5, 0.6) is 5.75 Å². The molecule has 6 aromatic heterocycles. The van der Waals surface area contributed by atoms with E-state index in [1.807, 2.05) is 0 Å². The number of methoxy groups -OCH3 is 3. The van der Waals surface area contributed by atoms with Gasteiger partial charge in [-0.25, -0.2) is 60.5 Å². The number of carbonyl (C=O) groups excluding carboxylic acids is 7. The fourth-order valence-electron chi connectivity index (χ4n) is 7.98. The molecule has 15 N–H and O–H groups in total. The third-order valence-corrected chi connectivity index (χ3v) is 13.1. The summed E-state index contributed by atoms with van der Waals surface area (Å²) in [6.45, 7) is 0.0574. The lowest BCUT2D eigenvalue weighted by Crippen LogP contribution is -2.19. The Morgan fingerprint density at radius 3 is 1.55 bits per heavy atom. The van der Waals surface area contributed by atoms with Gasteiger partial charge in [-0.2, -0.15) is 5.10 Å². The number of imidazole rings is 1. The maximum atomic E-state index is 13.6. The van der Waals surface area contributed by atoms with Crippen molar-refractivity contribution in [3.63, 3.8) is 0 Å². The first kappa shape index (κ1) is 73.6. The van der Waals surface area contributed by atoms with Crippen LogP contribution >= 0.6 is 11.6 Å². The maximum Gasteiger partial charge on any atom is 0.340 e. The Morgan fingerprint density at radius 2 is 1.08 bits per heavy atom. The number of pyridine rings is 1. The van der Waals surface area contributed by atoms with E-state index in [0.29, 0.717) is 59.0 Å². The fraction of sp³-hybridized carbons (Fsp3) is 0.0667. The van der Waals surface area contributed by atoms with Gasteiger partial charge in [0.2, 0.25) is 0 Å². The molecule has 0 spiro atoms. The zero-order valence-electron chi connectivity index (χ0n) is 51.0. The minimum absolute atomic E-state index is 0.0314. The van der Waals surface area contributed by atoms with Crippen molar-refractivity contribution in [2.75, 3.05) is 54.1 Å². The highest BCUT2D eigenvalue weighted by Crippen LogP contribution is 2.33. The summed E-state index contributed by atoms with van der Waals surface area (Å²) in [5.74, 6) is -15.2. The number of nitrogen functional groups attached to an aromatic ring is 2. The van der Waals surface area contributed by atoms with Crippen molar-refractivity contribution in [2.24, 2.45) is 11.5 Å². The summed E-state index contributed by atoms with van der Waals surface area (Å²) in [5, 5.41) is 49.0. The molecule has 0 aliphatic rings. The molecule has 0 aliphatic heterocycles. The maximum absolute atomic E-state index is 13.6. The summed E-state index contributed by atoms with van der Waals surface area (Å²) in [4.78, 5) is 121. The number of primary amides is 1. The Labute approximate surface area is 559 Å². The number of nitrogens with two attached hydrogens (primary N) is 4. The van der Waals surface area contributed by atoms with E-state index < -0.39 is 111 Å². The Kier molecular flexibility index (Phi) is 24.3. The molecule has 0 saturated heterocycles. The van der Waals surface area contributed by atoms with Crippen molar-refractivity contribution < 1.29 is 93.9 Å². The van der Waals surface area contributed by atoms with Crippen LogP contribution in [0.3, 0.4) is 0 Å². The third-order valence-electron chi connectivity index (χ3n) is 12.8. The minimum Gasteiger partial charge on any atom is -0.495 e. The third kappa shape index (κ3) is 18.3. The Bertz CT molecular complexity index is 4810. The summed E-state index contributed by atoms with van der Waals surface area (Å²) in [7, 11) is 3.70. The highest BCUT2D eigenvalue weighted by Gasteiger charge is 2.25. The van der Waals surface area contributed by atoms with Crippen LogP contribution in [0.25, 0.3) is 17.1 Å². The number of anilines is 6. The molecular weight excluding hydrogens is 1360 g/mol. The van der Waals surface area contributed by atoms with E-state index in [1.54, 1.807) is 17.0 Å². The van der Waals surface area contributed by atoms with Gasteiger partial charge in [0, 0.05) is 61.0 Å². The van der Waals surface area contributed by atoms with E-state index in [4.69, 9.17) is 49.5 Å². The van der Waals surface area contributed by atoms with E-state index >= 15 is 0 Å². The lowest BCUT2D eigenvalue weighted by molar-refractivity contribution is 0.0592. The number of hydrogen-bond acceptors (Lipinski definition) is 24. The van der Waals surface area contributed by atoms with Gasteiger partial charge in [0.15, 0.2) is 52.1 Å². The van der Waals surface area contributed by atoms with Gasteiger partial charge in [0.05, 0.1) is 94.4 Å². The zero-order chi connectivity index (χ0) is 73.2. The predicted octanol–water partition coefficient (Wildman–Crippen LogP) is 6.28. The molecule has 10 aromatic rings. The van der Waals surface area contributed by atoms with E-state index in [1.165, 1.54) is 75.3 Å². The zero-order valence-corrected chi connectivity index (χ0v) is 51.7. The van der Waals surface area contributed by atoms with Gasteiger partial charge >= 0.3 is 23.9 Å². The number of carboxylic acids is 2. The van der Waals surface area contributed by atoms with E-state index in [-0.39, 0.29) is 79.8 Å². The van der Waals surface area contributed by atoms with E-state index in [0.717, 1.165) is 19.6 Å². The molecule has 40 heteroatoms. The standard InChI is InChI=1S/C17H14F2N6O3.C15H10F2N6O3.C14H13ClN4O4.C14H9F2N3O4/c1-28-17(27)10-5-11(18)12(19)6-13(10)22-16(26)14-4-9(7-20)15(24-23-14)25-3-2-21-8-25;16-8-3-6(15(25)26)12(4-9(8)17)20-14(24)11-2-1-10(21-22-11)7-5-19-23-13(7)18;1-22-11-4-9(7(3-8(11)15)14(21)23-2)19-13(20)10-5-12(16)18-6-17-10;15-8-3-7(14(22)23)11(4-9(8)16)19-13(21)6-1-2-10(12(17)20)18-5-6/h2-6,8H,7,20H2,1H3,(H,22,26);1-5H,(H,20,24)(H,25,26)(H3,18,19,23);3-6H,1-2H3,(H,19,20)(H2,16,17,18);1-5H,(H2,17,20)(H,19,21)(H,22,23). The van der Waals surface area contributed by atoms with Crippen LogP contribution in [0.15, 0.2) is 122 Å². The molecule has 5 amide bonds. The van der Waals surface area contributed by atoms with Gasteiger partial charge in [-0.15, -0.1) is 20.4 Å². The molecule has 10 rings (SSSR count). The number of aromatic amines is 1. The number of hydrogen-bond donors (Lipinski definition) is 11. The summed E-state index contributed by atoms with van der Waals surface area (Å²) in [6.07, 6.45) is 8.29. The fourth-order valence-corrected chi connectivity index (χ4v) is 8.22. The number of aromatic nitrogens is 11. The second-order valence-electron chi connectivity index (χ2n) is 19.3. The Hall–Kier alpha value is -13.9. The molecule has 6 heterocycles. The van der Waals surface area contributed by atoms with Crippen molar-refractivity contribution in [1.82, 2.24) is 55.1 Å². The number of aromatic carboxylic acids is 2. The average Bonchev–Trinajstić information content (AvgIpc) is 1.03. The first-order valence-electron chi connectivity index (χ1n) is 27.3. The quantitative estimate of drug-likeness (QED) is 0.0352. The largest absolute Gasteiger partial charge is 0.495 e. The van der Waals surface area contributed by atoms with Gasteiger partial charge in [-0.3, -0.25) is 38.6 Å². The minimum atomic E-state index is -1.54. The average molecular weight is 1410 g/mol. The lowest BCUT2D eigenvalue weighted by atomic mass is 10.1. The van der Waals surface area contributed by atoms with Crippen LogP contribution in [-0.4, -0.2) is 140 Å². The highest BCUT2D eigenvalue weighted by molar-refractivity contribution is 6.32. The predicted molar refractivity (Wildman–Crippen MR) is 336 cm³/mol. The van der Waals surface area contributed by atoms with Gasteiger partial charge in [0.25, 0.3) is 29.5 Å². The molecule has 0 aliphatic carbocycles. The van der Waals surface area contributed by atoms with Crippen LogP contribution in [0.4, 0.5) is 60.7 Å². The van der Waals surface area contributed by atoms with E-state index in [9.17, 15) is 69.5 Å². The molecule has 33 nitrogen and oxygen atoms in total. The molecular formula is C60H46ClF6N19O14. The molecule has 0 saturated carbocycles. The Morgan fingerprint density at radius 1 is 0.570 bits per heavy atom. The molecule has 0 radical (unpaired) electrons. The summed E-state index contributed by atoms with van der Waals surface area (Å²) in [5.41, 5.74) is 20.4. The number of amides is 5. The Balaban J connectivity index is 0.000000188. The molecule has 0 fully saturated rings. The highest BCUT2D eigenvalue weighted by atomic mass is 35.5. The molecule has 0 bridgehead atoms. The summed E-state index contributed by atoms with van der Waals surface area (Å²) >= 11 is 5.99. The van der Waals surface area contributed by atoms with Gasteiger partial charge in [-0.1, -0.05) is 11.6 Å². The number of H-pyrrole nitrogens is 1. The molecule has 0 unspecified atom stereocenters. The summed E-state index contributed by atoms with van der Waals surface area (Å²) in [6, 6.07) is 14.0. The number of esters is 2. The number of ether oxygens (including phenoxy) is 3. The normalized spacial score (nSPS) is 10.3. The van der Waals surface area contributed by atoms with Crippen molar-refractivity contribution in [3.05, 3.63) is 218 Å². The number of halogens is 7. The first-order chi connectivity index (χ1) is 47.5. The second kappa shape index (κ2) is 33.0. The smallest absolute Gasteiger partial charge is 0.340 e. The molecule has 0 atom stereocenters. The number of benzene rings is 4. The number of carbonyl (C=O) groups is 9. The summed E-state index contributed by atoms with van der Waals surface area (Å²) < 4.78 is 95.8. The second-order valence-corrected chi connectivity index (χ2v) is 19.7. The van der Waals surface area contributed by atoms with Gasteiger partial charge in [-0.05, 0) is 54.6 Å². The SMILES string of the molecule is COC(=O)c1cc(Cl)c(OC)cc1NC(=O)c1cc(N)ncn1.COC(=O)c1cc(F)c(F)cc1NC(=O)c1cc(CN)c(-n2ccnc2)nn1.NC(=O)c1ccc(C(=O)Nc2cc(F)c(F)cc2C(=O)O)cn1.Nc1[nH]ncc1-c1ccc(C(=O)Nc2cc(F)c(F)cc2C(=O)O)nn1. The number of carboxylic acid groups (broad SMARTS) is 2. The topological polar surface area (TPSA) is 511 Å². The lowest BCUT2D eigenvalue weighted by Gasteiger charge is -2.12. The van der Waals surface area contributed by atoms with Crippen molar-refractivity contribution in [3.8, 4) is 22.8 Å². The first-order valence-corrected chi connectivity index (χ1v) is 27.7. The molecule has 100 heavy (non-hydrogen) atoms. The molecule has 4 aromatic carbocycles. The number of nitrogens with one attached hydrogen (secondary N) is 5.